The van der Waals surface area contributed by atoms with E-state index < -0.39 is 41.0 Å². The van der Waals surface area contributed by atoms with Crippen molar-refractivity contribution in [2.45, 2.75) is 51.4 Å². The number of aromatic hydroxyl groups is 1. The van der Waals surface area contributed by atoms with Gasteiger partial charge in [0.15, 0.2) is 0 Å². The molecular formula is C33H34N2O7. The Balaban J connectivity index is 1.37. The van der Waals surface area contributed by atoms with Gasteiger partial charge in [0.1, 0.15) is 5.75 Å². The van der Waals surface area contributed by atoms with Crippen LogP contribution in [-0.4, -0.2) is 51.3 Å². The second kappa shape index (κ2) is 10.5. The highest BCUT2D eigenvalue weighted by Gasteiger charge is 2.67. The van der Waals surface area contributed by atoms with Crippen molar-refractivity contribution in [1.29, 1.82) is 0 Å². The van der Waals surface area contributed by atoms with Gasteiger partial charge >= 0.3 is 5.97 Å². The van der Waals surface area contributed by atoms with Crippen LogP contribution in [0.5, 0.6) is 5.75 Å². The lowest BCUT2D eigenvalue weighted by Gasteiger charge is -2.49. The molecule has 3 fully saturated rings. The molecule has 6 rings (SSSR count). The number of allylic oxidation sites excluding steroid dienone is 2. The third-order valence-electron chi connectivity index (χ3n) is 9.86. The molecule has 9 nitrogen and oxygen atoms in total. The van der Waals surface area contributed by atoms with Crippen molar-refractivity contribution in [3.8, 4) is 5.75 Å². The molecule has 42 heavy (non-hydrogen) atoms. The third kappa shape index (κ3) is 4.25. The Morgan fingerprint density at radius 3 is 2.40 bits per heavy atom. The minimum atomic E-state index is -1.15. The summed E-state index contributed by atoms with van der Waals surface area (Å²) in [5.41, 5.74) is 0.917. The summed E-state index contributed by atoms with van der Waals surface area (Å²) in [5, 5.41) is 19.3. The van der Waals surface area contributed by atoms with Crippen LogP contribution in [0.25, 0.3) is 0 Å². The molecule has 2 aromatic rings. The van der Waals surface area contributed by atoms with Crippen molar-refractivity contribution in [3.63, 3.8) is 0 Å². The van der Waals surface area contributed by atoms with E-state index in [4.69, 9.17) is 5.11 Å². The Labute approximate surface area is 243 Å². The summed E-state index contributed by atoms with van der Waals surface area (Å²) in [5.74, 6) is -4.77. The van der Waals surface area contributed by atoms with E-state index in [1.54, 1.807) is 42.5 Å². The van der Waals surface area contributed by atoms with Gasteiger partial charge in [-0.15, -0.1) is 0 Å². The number of nitrogens with zero attached hydrogens (tertiary/aromatic N) is 2. The fraction of sp³-hybridized carbons (Fsp3) is 0.424. The number of phenols is 1. The van der Waals surface area contributed by atoms with Crippen molar-refractivity contribution in [2.75, 3.05) is 11.4 Å². The van der Waals surface area contributed by atoms with E-state index >= 15 is 0 Å². The van der Waals surface area contributed by atoms with Crippen LogP contribution in [0.1, 0.15) is 56.9 Å². The molecule has 0 bridgehead atoms. The topological polar surface area (TPSA) is 132 Å². The molecule has 2 N–H and O–H groups in total. The van der Waals surface area contributed by atoms with Crippen LogP contribution in [0.4, 0.5) is 5.69 Å². The number of aliphatic carboxylic acids is 1. The SMILES string of the molecule is CC12C(=O)N(c3ccccc3)C(=O)C1CC1C(=CCC3C(=O)N(CCCCCC(=O)O)C(=O)C31)C2c1cccc(O)c1. The molecule has 2 aliphatic heterocycles. The number of carboxylic acids is 1. The van der Waals surface area contributed by atoms with Gasteiger partial charge < -0.3 is 10.2 Å². The van der Waals surface area contributed by atoms with Crippen LogP contribution in [0.3, 0.4) is 0 Å². The number of anilines is 1. The van der Waals surface area contributed by atoms with Crippen LogP contribution in [0.15, 0.2) is 66.2 Å². The summed E-state index contributed by atoms with van der Waals surface area (Å²) in [6.07, 6.45) is 4.28. The molecule has 2 aromatic carbocycles. The zero-order chi connectivity index (χ0) is 29.8. The lowest BCUT2D eigenvalue weighted by Crippen LogP contribution is -2.48. The van der Waals surface area contributed by atoms with E-state index in [9.17, 15) is 29.1 Å². The molecule has 0 aromatic heterocycles. The molecule has 2 saturated heterocycles. The average Bonchev–Trinajstić information content (AvgIpc) is 3.32. The largest absolute Gasteiger partial charge is 0.508 e. The first kappa shape index (κ1) is 27.9. The normalized spacial score (nSPS) is 30.2. The molecule has 0 radical (unpaired) electrons. The number of fused-ring (bicyclic) bond motifs is 4. The van der Waals surface area contributed by atoms with Gasteiger partial charge in [0, 0.05) is 18.9 Å². The number of hydrogen-bond acceptors (Lipinski definition) is 6. The highest BCUT2D eigenvalue weighted by molar-refractivity contribution is 6.24. The summed E-state index contributed by atoms with van der Waals surface area (Å²) in [4.78, 5) is 69.1. The lowest BCUT2D eigenvalue weighted by molar-refractivity contribution is -0.141. The van der Waals surface area contributed by atoms with E-state index in [1.165, 1.54) is 9.80 Å². The van der Waals surface area contributed by atoms with Crippen molar-refractivity contribution in [1.82, 2.24) is 4.90 Å². The molecule has 9 heteroatoms. The van der Waals surface area contributed by atoms with Gasteiger partial charge in [-0.2, -0.15) is 0 Å². The third-order valence-corrected chi connectivity index (χ3v) is 9.86. The van der Waals surface area contributed by atoms with Gasteiger partial charge in [0.2, 0.25) is 23.6 Å². The van der Waals surface area contributed by atoms with Crippen molar-refractivity contribution < 1.29 is 34.2 Å². The number of imide groups is 2. The number of hydrogen-bond donors (Lipinski definition) is 2. The van der Waals surface area contributed by atoms with Crippen molar-refractivity contribution >= 4 is 35.3 Å². The summed E-state index contributed by atoms with van der Waals surface area (Å²) in [6, 6.07) is 15.6. The molecule has 218 valence electrons. The van der Waals surface area contributed by atoms with Crippen LogP contribution in [-0.2, 0) is 24.0 Å². The maximum absolute atomic E-state index is 14.3. The highest BCUT2D eigenvalue weighted by atomic mass is 16.4. The summed E-state index contributed by atoms with van der Waals surface area (Å²) < 4.78 is 0. The molecule has 1 saturated carbocycles. The fourth-order valence-corrected chi connectivity index (χ4v) is 7.93. The Morgan fingerprint density at radius 1 is 0.929 bits per heavy atom. The van der Waals surface area contributed by atoms with Gasteiger partial charge in [-0.3, -0.25) is 28.9 Å². The maximum atomic E-state index is 14.3. The molecule has 2 heterocycles. The van der Waals surface area contributed by atoms with E-state index in [2.05, 4.69) is 0 Å². The Hall–Kier alpha value is -4.27. The first-order valence-electron chi connectivity index (χ1n) is 14.6. The quantitative estimate of drug-likeness (QED) is 0.275. The maximum Gasteiger partial charge on any atom is 0.303 e. The number of benzene rings is 2. The Bertz CT molecular complexity index is 1500. The van der Waals surface area contributed by atoms with Gasteiger partial charge in [-0.25, -0.2) is 4.90 Å². The number of phenolic OH excluding ortho intramolecular Hbond substituents is 1. The molecule has 4 aliphatic rings. The van der Waals surface area contributed by atoms with Crippen LogP contribution in [0.2, 0.25) is 0 Å². The van der Waals surface area contributed by atoms with E-state index in [0.717, 1.165) is 5.57 Å². The van der Waals surface area contributed by atoms with Crippen LogP contribution < -0.4 is 4.90 Å². The second-order valence-electron chi connectivity index (χ2n) is 12.1. The Morgan fingerprint density at radius 2 is 1.69 bits per heavy atom. The van der Waals surface area contributed by atoms with Gasteiger partial charge in [0.25, 0.3) is 0 Å². The highest BCUT2D eigenvalue weighted by Crippen LogP contribution is 2.63. The predicted molar refractivity (Wildman–Crippen MR) is 152 cm³/mol. The predicted octanol–water partition coefficient (Wildman–Crippen LogP) is 4.27. The minimum absolute atomic E-state index is 0.0435. The zero-order valence-electron chi connectivity index (χ0n) is 23.4. The van der Waals surface area contributed by atoms with E-state index in [1.807, 2.05) is 25.1 Å². The van der Waals surface area contributed by atoms with Gasteiger partial charge in [-0.1, -0.05) is 48.4 Å². The molecule has 2 aliphatic carbocycles. The summed E-state index contributed by atoms with van der Waals surface area (Å²) in [7, 11) is 0. The van der Waals surface area contributed by atoms with Gasteiger partial charge in [-0.05, 0) is 68.4 Å². The summed E-state index contributed by atoms with van der Waals surface area (Å²) >= 11 is 0. The van der Waals surface area contributed by atoms with Crippen molar-refractivity contribution in [2.24, 2.45) is 29.1 Å². The second-order valence-corrected chi connectivity index (χ2v) is 12.1. The number of unbranched alkanes of at least 4 members (excludes halogenated alkanes) is 2. The van der Waals surface area contributed by atoms with E-state index in [-0.39, 0.29) is 48.8 Å². The zero-order valence-corrected chi connectivity index (χ0v) is 23.4. The molecule has 6 atom stereocenters. The molecule has 0 spiro atoms. The fourth-order valence-electron chi connectivity index (χ4n) is 7.93. The summed E-state index contributed by atoms with van der Waals surface area (Å²) in [6.45, 7) is 2.06. The number of para-hydroxylation sites is 1. The smallest absolute Gasteiger partial charge is 0.303 e. The number of carbonyl (C=O) groups is 5. The molecule has 4 amide bonds. The Kier molecular flexibility index (Phi) is 6.99. The monoisotopic (exact) mass is 570 g/mol. The lowest BCUT2D eigenvalue weighted by atomic mass is 9.51. The number of carbonyl (C=O) groups excluding carboxylic acids is 4. The average molecular weight is 571 g/mol. The van der Waals surface area contributed by atoms with Crippen LogP contribution >= 0.6 is 0 Å². The molecular weight excluding hydrogens is 536 g/mol. The number of likely N-dealkylation sites (tertiary alicyclic amines) is 1. The van der Waals surface area contributed by atoms with Crippen molar-refractivity contribution in [3.05, 3.63) is 71.8 Å². The number of amides is 4. The number of carboxylic acid groups (broad SMARTS) is 1. The first-order valence-corrected chi connectivity index (χ1v) is 14.6. The standard InChI is InChI=1S/C33H34N2O7/c1-33-25(30(40)35(32(33)42)20-10-4-2-5-11-20)18-24-22(28(33)19-9-8-12-21(36)17-19)14-15-23-27(24)31(41)34(29(23)39)16-7-3-6-13-26(37)38/h2,4-5,8-12,14,17,23-25,27-28,36H,3,6-7,13,15-16,18H2,1H3,(H,37,38). The minimum Gasteiger partial charge on any atom is -0.508 e. The van der Waals surface area contributed by atoms with Gasteiger partial charge in [0.05, 0.1) is 28.9 Å². The number of rotatable bonds is 8. The first-order chi connectivity index (χ1) is 20.1. The van der Waals surface area contributed by atoms with E-state index in [0.29, 0.717) is 36.9 Å². The molecule has 6 unspecified atom stereocenters. The van der Waals surface area contributed by atoms with Crippen LogP contribution in [0, 0.1) is 29.1 Å².